The minimum Gasteiger partial charge on any atom is -0.334 e. The fourth-order valence-corrected chi connectivity index (χ4v) is 3.00. The second-order valence-electron chi connectivity index (χ2n) is 4.50. The first-order chi connectivity index (χ1) is 8.84. The smallest absolute Gasteiger partial charge is 0.334 e. The van der Waals surface area contributed by atoms with E-state index < -0.39 is 11.9 Å². The summed E-state index contributed by atoms with van der Waals surface area (Å²) in [7, 11) is 0. The van der Waals surface area contributed by atoms with E-state index in [-0.39, 0.29) is 6.04 Å². The summed E-state index contributed by atoms with van der Waals surface area (Å²) in [6.07, 6.45) is -2.23. The van der Waals surface area contributed by atoms with E-state index in [1.54, 1.807) is 11.8 Å². The minimum absolute atomic E-state index is 0.223. The van der Waals surface area contributed by atoms with Crippen molar-refractivity contribution in [1.82, 2.24) is 4.98 Å². The number of alkyl halides is 3. The van der Waals surface area contributed by atoms with Crippen molar-refractivity contribution in [2.75, 3.05) is 5.32 Å². The fourth-order valence-electron chi connectivity index (χ4n) is 1.82. The number of nitrogens with one attached hydrogen (secondary N) is 1. The van der Waals surface area contributed by atoms with Gasteiger partial charge in [-0.3, -0.25) is 4.99 Å². The molecule has 0 saturated heterocycles. The molecule has 104 valence electrons. The van der Waals surface area contributed by atoms with E-state index in [2.05, 4.69) is 22.2 Å². The van der Waals surface area contributed by atoms with Gasteiger partial charge in [0.1, 0.15) is 5.69 Å². The van der Waals surface area contributed by atoms with Gasteiger partial charge in [0.15, 0.2) is 5.17 Å². The first-order valence-electron chi connectivity index (χ1n) is 5.89. The Labute approximate surface area is 113 Å². The number of aromatic nitrogens is 1. The molecule has 1 aliphatic heterocycles. The van der Waals surface area contributed by atoms with Crippen molar-refractivity contribution in [2.45, 2.75) is 37.7 Å². The third-order valence-corrected chi connectivity index (χ3v) is 3.65. The number of amidine groups is 1. The molecule has 7 heteroatoms. The quantitative estimate of drug-likeness (QED) is 0.855. The molecule has 0 spiro atoms. The average molecular weight is 289 g/mol. The van der Waals surface area contributed by atoms with Crippen LogP contribution < -0.4 is 5.32 Å². The summed E-state index contributed by atoms with van der Waals surface area (Å²) < 4.78 is 37.1. The van der Waals surface area contributed by atoms with E-state index in [9.17, 15) is 13.2 Å². The van der Waals surface area contributed by atoms with Crippen LogP contribution in [-0.2, 0) is 6.18 Å². The largest absolute Gasteiger partial charge is 0.433 e. The molecule has 1 aromatic rings. The van der Waals surface area contributed by atoms with E-state index in [1.165, 1.54) is 12.3 Å². The number of rotatable bonds is 1. The summed E-state index contributed by atoms with van der Waals surface area (Å²) in [6.45, 7) is 4.12. The molecule has 0 saturated carbocycles. The lowest BCUT2D eigenvalue weighted by atomic mass is 10.2. The normalized spacial score (nSPS) is 23.9. The van der Waals surface area contributed by atoms with Gasteiger partial charge in [-0.1, -0.05) is 18.7 Å². The van der Waals surface area contributed by atoms with Gasteiger partial charge in [-0.2, -0.15) is 13.2 Å². The lowest BCUT2D eigenvalue weighted by molar-refractivity contribution is -0.141. The molecule has 1 aliphatic rings. The molecule has 0 radical (unpaired) electrons. The molecule has 1 N–H and O–H groups in total. The molecule has 2 atom stereocenters. The third-order valence-electron chi connectivity index (χ3n) is 2.63. The zero-order valence-electron chi connectivity index (χ0n) is 10.5. The highest BCUT2D eigenvalue weighted by molar-refractivity contribution is 8.14. The van der Waals surface area contributed by atoms with Crippen LogP contribution in [0.25, 0.3) is 0 Å². The molecule has 0 bridgehead atoms. The molecule has 2 unspecified atom stereocenters. The molecule has 0 amide bonds. The van der Waals surface area contributed by atoms with Gasteiger partial charge in [-0.05, 0) is 25.5 Å². The van der Waals surface area contributed by atoms with Crippen molar-refractivity contribution in [3.63, 3.8) is 0 Å². The van der Waals surface area contributed by atoms with E-state index in [4.69, 9.17) is 0 Å². The van der Waals surface area contributed by atoms with Gasteiger partial charge in [-0.25, -0.2) is 4.98 Å². The molecule has 19 heavy (non-hydrogen) atoms. The van der Waals surface area contributed by atoms with Crippen LogP contribution in [0.1, 0.15) is 26.0 Å². The summed E-state index contributed by atoms with van der Waals surface area (Å²) >= 11 is 1.58. The maximum atomic E-state index is 12.4. The van der Waals surface area contributed by atoms with Gasteiger partial charge >= 0.3 is 6.18 Å². The molecule has 0 fully saturated rings. The number of hydrogen-bond donors (Lipinski definition) is 1. The lowest BCUT2D eigenvalue weighted by Gasteiger charge is -2.22. The zero-order chi connectivity index (χ0) is 14.0. The second-order valence-corrected chi connectivity index (χ2v) is 5.93. The Balaban J connectivity index is 2.08. The maximum absolute atomic E-state index is 12.4. The SMILES string of the molecule is CC1CC(C)SC(Nc2ccc(C(F)(F)F)nc2)=N1. The van der Waals surface area contributed by atoms with E-state index in [0.29, 0.717) is 10.9 Å². The zero-order valence-corrected chi connectivity index (χ0v) is 11.3. The van der Waals surface area contributed by atoms with Gasteiger partial charge in [0.2, 0.25) is 0 Å². The van der Waals surface area contributed by atoms with Crippen molar-refractivity contribution >= 4 is 22.6 Å². The van der Waals surface area contributed by atoms with E-state index >= 15 is 0 Å². The number of pyridine rings is 1. The molecule has 2 rings (SSSR count). The summed E-state index contributed by atoms with van der Waals surface area (Å²) in [5.41, 5.74) is -0.376. The van der Waals surface area contributed by atoms with Crippen LogP contribution in [-0.4, -0.2) is 21.4 Å². The van der Waals surface area contributed by atoms with Gasteiger partial charge in [0.25, 0.3) is 0 Å². The molecular formula is C12H14F3N3S. The minimum atomic E-state index is -4.40. The molecule has 1 aromatic heterocycles. The average Bonchev–Trinajstić information content (AvgIpc) is 2.26. The van der Waals surface area contributed by atoms with Crippen LogP contribution in [0.2, 0.25) is 0 Å². The lowest BCUT2D eigenvalue weighted by Crippen LogP contribution is -2.22. The summed E-state index contributed by atoms with van der Waals surface area (Å²) in [5.74, 6) is 0. The third kappa shape index (κ3) is 3.86. The summed E-state index contributed by atoms with van der Waals surface area (Å²) in [4.78, 5) is 7.82. The van der Waals surface area contributed by atoms with Crippen molar-refractivity contribution < 1.29 is 13.2 Å². The topological polar surface area (TPSA) is 37.3 Å². The van der Waals surface area contributed by atoms with Crippen molar-refractivity contribution in [2.24, 2.45) is 4.99 Å². The standard InChI is InChI=1S/C12H14F3N3S/c1-7-5-8(2)19-11(17-7)18-9-3-4-10(16-6-9)12(13,14)15/h3-4,6-8H,5H2,1-2H3,(H,17,18). The summed E-state index contributed by atoms with van der Waals surface area (Å²) in [5, 5.41) is 4.17. The Hall–Kier alpha value is -1.24. The van der Waals surface area contributed by atoms with Gasteiger partial charge in [-0.15, -0.1) is 0 Å². The highest BCUT2D eigenvalue weighted by atomic mass is 32.2. The number of halogens is 3. The predicted molar refractivity (Wildman–Crippen MR) is 71.4 cm³/mol. The molecule has 0 aliphatic carbocycles. The highest BCUT2D eigenvalue weighted by Crippen LogP contribution is 2.29. The first-order valence-corrected chi connectivity index (χ1v) is 6.77. The summed E-state index contributed by atoms with van der Waals surface area (Å²) in [6, 6.07) is 2.55. The first kappa shape index (κ1) is 14.2. The number of aliphatic imine (C=N–C) groups is 1. The van der Waals surface area contributed by atoms with Gasteiger partial charge in [0.05, 0.1) is 17.9 Å². The van der Waals surface area contributed by atoms with Crippen LogP contribution in [0, 0.1) is 0 Å². The van der Waals surface area contributed by atoms with E-state index in [0.717, 1.165) is 17.7 Å². The van der Waals surface area contributed by atoms with Crippen LogP contribution >= 0.6 is 11.8 Å². The Morgan fingerprint density at radius 1 is 1.32 bits per heavy atom. The fraction of sp³-hybridized carbons (Fsp3) is 0.500. The maximum Gasteiger partial charge on any atom is 0.433 e. The Bertz CT molecular complexity index is 470. The Kier molecular flexibility index (Phi) is 4.03. The van der Waals surface area contributed by atoms with Crippen LogP contribution in [0.3, 0.4) is 0 Å². The highest BCUT2D eigenvalue weighted by Gasteiger charge is 2.32. The van der Waals surface area contributed by atoms with Gasteiger partial charge in [0, 0.05) is 5.25 Å². The van der Waals surface area contributed by atoms with Gasteiger partial charge < -0.3 is 5.32 Å². The predicted octanol–water partition coefficient (Wildman–Crippen LogP) is 3.78. The Morgan fingerprint density at radius 2 is 2.05 bits per heavy atom. The van der Waals surface area contributed by atoms with E-state index in [1.807, 2.05) is 6.92 Å². The number of anilines is 1. The molecule has 0 aromatic carbocycles. The molecule has 2 heterocycles. The van der Waals surface area contributed by atoms with Crippen LogP contribution in [0.15, 0.2) is 23.3 Å². The van der Waals surface area contributed by atoms with Crippen molar-refractivity contribution in [3.05, 3.63) is 24.0 Å². The van der Waals surface area contributed by atoms with Crippen molar-refractivity contribution in [1.29, 1.82) is 0 Å². The Morgan fingerprint density at radius 3 is 2.58 bits per heavy atom. The number of nitrogens with zero attached hydrogens (tertiary/aromatic N) is 2. The number of hydrogen-bond acceptors (Lipinski definition) is 4. The molecular weight excluding hydrogens is 275 g/mol. The molecule has 3 nitrogen and oxygen atoms in total. The van der Waals surface area contributed by atoms with Crippen LogP contribution in [0.4, 0.5) is 18.9 Å². The van der Waals surface area contributed by atoms with Crippen LogP contribution in [0.5, 0.6) is 0 Å². The number of thioether (sulfide) groups is 1. The second kappa shape index (κ2) is 5.40. The monoisotopic (exact) mass is 289 g/mol. The van der Waals surface area contributed by atoms with Crippen molar-refractivity contribution in [3.8, 4) is 0 Å².